The highest BCUT2D eigenvalue weighted by molar-refractivity contribution is 4.93. The first-order valence-corrected chi connectivity index (χ1v) is 2.39. The Labute approximate surface area is 54.0 Å². The van der Waals surface area contributed by atoms with Crippen LogP contribution in [0.25, 0.3) is 0 Å². The Hall–Kier alpha value is -1.49. The zero-order valence-corrected chi connectivity index (χ0v) is 4.95. The topological polar surface area (TPSA) is 36.9 Å². The fourth-order valence-corrected chi connectivity index (χ4v) is 0.227. The molecule has 1 aromatic rings. The summed E-state index contributed by atoms with van der Waals surface area (Å²) in [6, 6.07) is 5.36. The summed E-state index contributed by atoms with van der Waals surface area (Å²) in [5, 5.41) is 7.51. The van der Waals surface area contributed by atoms with Gasteiger partial charge in [-0.3, -0.25) is 0 Å². The summed E-state index contributed by atoms with van der Waals surface area (Å²) in [5.41, 5.74) is 0. The molecule has 0 fully saturated rings. The Kier molecular flexibility index (Phi) is 5.43. The molecular formula is C7H7NO. The number of rotatable bonds is 0. The summed E-state index contributed by atoms with van der Waals surface area (Å²) in [4.78, 5) is 0. The van der Waals surface area contributed by atoms with Crippen LogP contribution in [0.5, 0.6) is 0 Å². The first kappa shape index (κ1) is 7.51. The monoisotopic (exact) mass is 121 g/mol. The molecule has 0 N–H and O–H groups in total. The summed E-state index contributed by atoms with van der Waals surface area (Å²) in [6.45, 7) is 3.12. The molecule has 9 heavy (non-hydrogen) atoms. The van der Waals surface area contributed by atoms with Gasteiger partial charge in [0.1, 0.15) is 0 Å². The maximum Gasteiger partial charge on any atom is 0.0905 e. The summed E-state index contributed by atoms with van der Waals surface area (Å²) in [5.74, 6) is 0. The summed E-state index contributed by atoms with van der Waals surface area (Å²) in [7, 11) is 0. The van der Waals surface area contributed by atoms with Gasteiger partial charge in [0.2, 0.25) is 0 Å². The number of nitrogens with zero attached hydrogens (tertiary/aromatic N) is 1. The van der Waals surface area contributed by atoms with Gasteiger partial charge >= 0.3 is 0 Å². The number of hydrogen-bond donors (Lipinski definition) is 0. The Bertz CT molecular complexity index is 154. The molecule has 0 bridgehead atoms. The van der Waals surface area contributed by atoms with E-state index in [-0.39, 0.29) is 0 Å². The molecule has 0 atom stereocenters. The second-order valence-corrected chi connectivity index (χ2v) is 1.13. The Balaban J connectivity index is 0.000000148. The molecule has 46 valence electrons. The van der Waals surface area contributed by atoms with Crippen molar-refractivity contribution in [3.63, 3.8) is 0 Å². The first-order chi connectivity index (χ1) is 4.41. The molecule has 0 aliphatic heterocycles. The standard InChI is InChI=1S/C4H4O.C3H3N/c1-2-4-5-3-1;1-2-3-4/h1-4H;2H,1H2. The minimum Gasteiger partial charge on any atom is -0.473 e. The van der Waals surface area contributed by atoms with Gasteiger partial charge in [-0.15, -0.1) is 0 Å². The molecule has 2 heteroatoms. The van der Waals surface area contributed by atoms with Gasteiger partial charge < -0.3 is 4.42 Å². The van der Waals surface area contributed by atoms with Gasteiger partial charge in [0.25, 0.3) is 0 Å². The van der Waals surface area contributed by atoms with E-state index in [4.69, 9.17) is 5.26 Å². The van der Waals surface area contributed by atoms with Crippen molar-refractivity contribution in [3.8, 4) is 6.07 Å². The maximum absolute atomic E-state index is 7.51. The molecule has 0 amide bonds. The van der Waals surface area contributed by atoms with Crippen LogP contribution >= 0.6 is 0 Å². The second kappa shape index (κ2) is 6.51. The minimum absolute atomic E-state index is 1.18. The second-order valence-electron chi connectivity index (χ2n) is 1.13. The van der Waals surface area contributed by atoms with E-state index in [1.54, 1.807) is 18.6 Å². The van der Waals surface area contributed by atoms with Gasteiger partial charge in [0, 0.05) is 6.08 Å². The van der Waals surface area contributed by atoms with E-state index >= 15 is 0 Å². The van der Waals surface area contributed by atoms with E-state index in [0.717, 1.165) is 0 Å². The Morgan fingerprint density at radius 3 is 2.00 bits per heavy atom. The molecule has 0 radical (unpaired) electrons. The molecule has 2 nitrogen and oxygen atoms in total. The number of hydrogen-bond acceptors (Lipinski definition) is 2. The van der Waals surface area contributed by atoms with E-state index in [0.29, 0.717) is 0 Å². The van der Waals surface area contributed by atoms with Gasteiger partial charge in [-0.1, -0.05) is 6.58 Å². The van der Waals surface area contributed by atoms with Gasteiger partial charge in [-0.2, -0.15) is 5.26 Å². The smallest absolute Gasteiger partial charge is 0.0905 e. The predicted molar refractivity (Wildman–Crippen MR) is 34.5 cm³/mol. The van der Waals surface area contributed by atoms with Crippen LogP contribution < -0.4 is 0 Å². The van der Waals surface area contributed by atoms with E-state index in [1.807, 2.05) is 12.1 Å². The average molecular weight is 121 g/mol. The van der Waals surface area contributed by atoms with Crippen molar-refractivity contribution in [3.05, 3.63) is 37.3 Å². The largest absolute Gasteiger partial charge is 0.473 e. The lowest BCUT2D eigenvalue weighted by Crippen LogP contribution is -1.23. The van der Waals surface area contributed by atoms with Crippen molar-refractivity contribution in [2.24, 2.45) is 0 Å². The molecule has 0 saturated carbocycles. The van der Waals surface area contributed by atoms with E-state index < -0.39 is 0 Å². The molecule has 1 rings (SSSR count). The molecule has 1 heterocycles. The molecule has 0 aromatic carbocycles. The Morgan fingerprint density at radius 2 is 1.89 bits per heavy atom. The van der Waals surface area contributed by atoms with Crippen LogP contribution in [-0.4, -0.2) is 0 Å². The SMILES string of the molecule is C=CC#N.c1ccoc1. The fourth-order valence-electron chi connectivity index (χ4n) is 0.227. The van der Waals surface area contributed by atoms with Gasteiger partial charge in [-0.25, -0.2) is 0 Å². The van der Waals surface area contributed by atoms with Crippen molar-refractivity contribution >= 4 is 0 Å². The zero-order valence-electron chi connectivity index (χ0n) is 4.95. The summed E-state index contributed by atoms with van der Waals surface area (Å²) >= 11 is 0. The third kappa shape index (κ3) is 6.51. The number of allylic oxidation sites excluding steroid dienone is 1. The van der Waals surface area contributed by atoms with E-state index in [1.165, 1.54) is 6.08 Å². The molecule has 0 aliphatic rings. The van der Waals surface area contributed by atoms with Crippen LogP contribution in [0.15, 0.2) is 41.7 Å². The highest BCUT2D eigenvalue weighted by Gasteiger charge is 1.58. The number of furan rings is 1. The lowest BCUT2D eigenvalue weighted by atomic mass is 10.7. The molecule has 0 aliphatic carbocycles. The fraction of sp³-hybridized carbons (Fsp3) is 0. The summed E-state index contributed by atoms with van der Waals surface area (Å²) in [6.07, 6.45) is 4.43. The minimum atomic E-state index is 1.18. The van der Waals surface area contributed by atoms with Crippen LogP contribution in [0.1, 0.15) is 0 Å². The molecule has 0 unspecified atom stereocenters. The van der Waals surface area contributed by atoms with Crippen molar-refractivity contribution in [1.82, 2.24) is 0 Å². The summed E-state index contributed by atoms with van der Waals surface area (Å²) < 4.78 is 4.58. The van der Waals surface area contributed by atoms with Gasteiger partial charge in [0.15, 0.2) is 0 Å². The van der Waals surface area contributed by atoms with Crippen LogP contribution in [0.4, 0.5) is 0 Å². The van der Waals surface area contributed by atoms with Gasteiger partial charge in [-0.05, 0) is 12.1 Å². The normalized spacial score (nSPS) is 6.11. The van der Waals surface area contributed by atoms with Crippen molar-refractivity contribution in [1.29, 1.82) is 5.26 Å². The lowest BCUT2D eigenvalue weighted by Gasteiger charge is -1.50. The van der Waals surface area contributed by atoms with Crippen LogP contribution in [0.2, 0.25) is 0 Å². The number of nitriles is 1. The lowest BCUT2D eigenvalue weighted by molar-refractivity contribution is 0.567. The van der Waals surface area contributed by atoms with Crippen LogP contribution in [0.3, 0.4) is 0 Å². The quantitative estimate of drug-likeness (QED) is 0.492. The predicted octanol–water partition coefficient (Wildman–Crippen LogP) is 1.98. The average Bonchev–Trinajstić information content (AvgIpc) is 2.43. The third-order valence-corrected chi connectivity index (χ3v) is 0.517. The van der Waals surface area contributed by atoms with Gasteiger partial charge in [0.05, 0.1) is 18.6 Å². The van der Waals surface area contributed by atoms with Crippen LogP contribution in [-0.2, 0) is 0 Å². The van der Waals surface area contributed by atoms with E-state index in [2.05, 4.69) is 11.0 Å². The molecule has 1 aromatic heterocycles. The van der Waals surface area contributed by atoms with Crippen molar-refractivity contribution < 1.29 is 4.42 Å². The third-order valence-electron chi connectivity index (χ3n) is 0.517. The van der Waals surface area contributed by atoms with Crippen molar-refractivity contribution in [2.45, 2.75) is 0 Å². The first-order valence-electron chi connectivity index (χ1n) is 2.39. The molecule has 0 saturated heterocycles. The van der Waals surface area contributed by atoms with Crippen LogP contribution in [0, 0.1) is 11.3 Å². The highest BCUT2D eigenvalue weighted by atomic mass is 16.3. The highest BCUT2D eigenvalue weighted by Crippen LogP contribution is 1.79. The zero-order chi connectivity index (χ0) is 6.95. The Morgan fingerprint density at radius 1 is 1.44 bits per heavy atom. The van der Waals surface area contributed by atoms with E-state index in [9.17, 15) is 0 Å². The maximum atomic E-state index is 7.51. The molecular weight excluding hydrogens is 114 g/mol. The molecule has 0 spiro atoms. The van der Waals surface area contributed by atoms with Crippen molar-refractivity contribution in [2.75, 3.05) is 0 Å².